The third kappa shape index (κ3) is 7.92. The molecule has 0 aliphatic heterocycles. The van der Waals surface area contributed by atoms with Crippen LogP contribution in [0.3, 0.4) is 0 Å². The molecule has 0 atom stereocenters. The number of benzene rings is 2. The fourth-order valence-electron chi connectivity index (χ4n) is 2.62. The molecular formula is C22H22F3N3O5. The number of amides is 2. The number of methoxy groups -OCH3 is 1. The monoisotopic (exact) mass is 465 g/mol. The van der Waals surface area contributed by atoms with E-state index in [4.69, 9.17) is 9.47 Å². The Labute approximate surface area is 188 Å². The zero-order chi connectivity index (χ0) is 24.6. The van der Waals surface area contributed by atoms with Gasteiger partial charge < -0.3 is 24.8 Å². The summed E-state index contributed by atoms with van der Waals surface area (Å²) >= 11 is 0. The van der Waals surface area contributed by atoms with Crippen molar-refractivity contribution in [3.8, 4) is 23.3 Å². The van der Waals surface area contributed by atoms with E-state index in [0.29, 0.717) is 0 Å². The quantitative estimate of drug-likeness (QED) is 0.585. The van der Waals surface area contributed by atoms with E-state index in [1.54, 1.807) is 6.07 Å². The van der Waals surface area contributed by atoms with E-state index >= 15 is 0 Å². The van der Waals surface area contributed by atoms with E-state index in [1.807, 2.05) is 13.8 Å². The van der Waals surface area contributed by atoms with Crippen LogP contribution in [-0.4, -0.2) is 44.4 Å². The van der Waals surface area contributed by atoms with Gasteiger partial charge in [0.2, 0.25) is 0 Å². The van der Waals surface area contributed by atoms with Gasteiger partial charge in [-0.1, -0.05) is 0 Å². The molecule has 0 bridgehead atoms. The van der Waals surface area contributed by atoms with Crippen molar-refractivity contribution in [1.29, 1.82) is 5.26 Å². The van der Waals surface area contributed by atoms with Gasteiger partial charge in [0.25, 0.3) is 11.8 Å². The molecule has 0 heterocycles. The first kappa shape index (κ1) is 25.3. The van der Waals surface area contributed by atoms with Crippen molar-refractivity contribution in [3.05, 3.63) is 47.5 Å². The van der Waals surface area contributed by atoms with Crippen LogP contribution in [0.4, 0.5) is 18.9 Å². The molecule has 8 nitrogen and oxygen atoms in total. The Bertz CT molecular complexity index is 1050. The van der Waals surface area contributed by atoms with Crippen LogP contribution in [-0.2, 0) is 4.79 Å². The summed E-state index contributed by atoms with van der Waals surface area (Å²) in [4.78, 5) is 24.3. The summed E-state index contributed by atoms with van der Waals surface area (Å²) in [6.45, 7) is 1.85. The van der Waals surface area contributed by atoms with Crippen molar-refractivity contribution in [1.82, 2.24) is 5.32 Å². The van der Waals surface area contributed by atoms with E-state index < -0.39 is 18.7 Å². The molecule has 0 saturated carbocycles. The molecule has 33 heavy (non-hydrogen) atoms. The maximum Gasteiger partial charge on any atom is 0.422 e. The van der Waals surface area contributed by atoms with Gasteiger partial charge in [-0.25, -0.2) is 0 Å². The maximum absolute atomic E-state index is 12.6. The SMILES string of the molecule is COc1cc(C(=O)Nc2ccc(OCC(F)(F)F)c(C#N)c2)ccc1OCC(=O)NC(C)C. The molecule has 2 amide bonds. The second-order valence-corrected chi connectivity index (χ2v) is 7.06. The van der Waals surface area contributed by atoms with E-state index in [2.05, 4.69) is 15.4 Å². The summed E-state index contributed by atoms with van der Waals surface area (Å²) in [5.41, 5.74) is 0.195. The number of ether oxygens (including phenoxy) is 3. The van der Waals surface area contributed by atoms with Gasteiger partial charge in [-0.3, -0.25) is 9.59 Å². The number of anilines is 1. The Morgan fingerprint density at radius 1 is 1.06 bits per heavy atom. The van der Waals surface area contributed by atoms with Crippen LogP contribution in [0.15, 0.2) is 36.4 Å². The van der Waals surface area contributed by atoms with E-state index in [0.717, 1.165) is 0 Å². The summed E-state index contributed by atoms with van der Waals surface area (Å²) in [5.74, 6) is -0.660. The Kier molecular flexibility index (Phi) is 8.50. The van der Waals surface area contributed by atoms with Crippen molar-refractivity contribution in [2.45, 2.75) is 26.1 Å². The van der Waals surface area contributed by atoms with Gasteiger partial charge in [-0.15, -0.1) is 0 Å². The molecule has 11 heteroatoms. The first-order chi connectivity index (χ1) is 15.5. The zero-order valence-electron chi connectivity index (χ0n) is 18.1. The van der Waals surface area contributed by atoms with E-state index in [-0.39, 0.29) is 52.6 Å². The number of carbonyl (C=O) groups is 2. The van der Waals surface area contributed by atoms with Crippen LogP contribution < -0.4 is 24.8 Å². The molecule has 0 aromatic heterocycles. The second kappa shape index (κ2) is 11.1. The molecule has 0 aliphatic carbocycles. The van der Waals surface area contributed by atoms with Crippen LogP contribution in [0.5, 0.6) is 17.2 Å². The Hall–Kier alpha value is -3.94. The lowest BCUT2D eigenvalue weighted by molar-refractivity contribution is -0.153. The molecule has 0 radical (unpaired) electrons. The third-order valence-corrected chi connectivity index (χ3v) is 3.98. The topological polar surface area (TPSA) is 110 Å². The van der Waals surface area contributed by atoms with Crippen LogP contribution in [0, 0.1) is 11.3 Å². The maximum atomic E-state index is 12.6. The number of nitrogens with one attached hydrogen (secondary N) is 2. The highest BCUT2D eigenvalue weighted by atomic mass is 19.4. The lowest BCUT2D eigenvalue weighted by Gasteiger charge is -2.14. The van der Waals surface area contributed by atoms with Gasteiger partial charge in [0.1, 0.15) is 11.8 Å². The number of nitriles is 1. The minimum atomic E-state index is -4.55. The molecule has 0 fully saturated rings. The Morgan fingerprint density at radius 2 is 1.76 bits per heavy atom. The molecule has 2 rings (SSSR count). The molecule has 0 saturated heterocycles. The number of halogens is 3. The van der Waals surface area contributed by atoms with Crippen molar-refractivity contribution in [3.63, 3.8) is 0 Å². The van der Waals surface area contributed by atoms with Crippen LogP contribution in [0.2, 0.25) is 0 Å². The molecule has 176 valence electrons. The van der Waals surface area contributed by atoms with Gasteiger partial charge in [0.15, 0.2) is 24.7 Å². The summed E-state index contributed by atoms with van der Waals surface area (Å²) < 4.78 is 52.3. The molecule has 0 aliphatic rings. The number of rotatable bonds is 9. The zero-order valence-corrected chi connectivity index (χ0v) is 18.1. The number of alkyl halides is 3. The van der Waals surface area contributed by atoms with Crippen molar-refractivity contribution in [2.24, 2.45) is 0 Å². The number of hydrogen-bond donors (Lipinski definition) is 2. The van der Waals surface area contributed by atoms with Gasteiger partial charge in [0.05, 0.1) is 12.7 Å². The minimum Gasteiger partial charge on any atom is -0.493 e. The highest BCUT2D eigenvalue weighted by Crippen LogP contribution is 2.29. The van der Waals surface area contributed by atoms with E-state index in [9.17, 15) is 28.0 Å². The number of nitrogens with zero attached hydrogens (tertiary/aromatic N) is 1. The standard InChI is InChI=1S/C22H22F3N3O5/c1-13(2)27-20(29)11-32-18-6-4-14(9-19(18)31-3)21(30)28-16-5-7-17(15(8-16)10-26)33-12-22(23,24)25/h4-9,13H,11-12H2,1-3H3,(H,27,29)(H,28,30). The molecule has 2 N–H and O–H groups in total. The van der Waals surface area contributed by atoms with Crippen molar-refractivity contribution >= 4 is 17.5 Å². The lowest BCUT2D eigenvalue weighted by Crippen LogP contribution is -2.34. The average molecular weight is 465 g/mol. The number of hydrogen-bond acceptors (Lipinski definition) is 6. The summed E-state index contributed by atoms with van der Waals surface area (Å²) in [6, 6.07) is 9.68. The molecule has 2 aromatic rings. The van der Waals surface area contributed by atoms with Crippen LogP contribution in [0.25, 0.3) is 0 Å². The summed E-state index contributed by atoms with van der Waals surface area (Å²) in [7, 11) is 1.37. The third-order valence-electron chi connectivity index (χ3n) is 3.98. The normalized spacial score (nSPS) is 10.8. The van der Waals surface area contributed by atoms with Gasteiger partial charge in [-0.05, 0) is 50.2 Å². The predicted octanol–water partition coefficient (Wildman–Crippen LogP) is 3.66. The van der Waals surface area contributed by atoms with Crippen LogP contribution >= 0.6 is 0 Å². The summed E-state index contributed by atoms with van der Waals surface area (Å²) in [6.07, 6.45) is -4.55. The van der Waals surface area contributed by atoms with Crippen molar-refractivity contribution in [2.75, 3.05) is 25.6 Å². The first-order valence-corrected chi connectivity index (χ1v) is 9.67. The predicted molar refractivity (Wildman–Crippen MR) is 112 cm³/mol. The molecular weight excluding hydrogens is 443 g/mol. The van der Waals surface area contributed by atoms with Gasteiger partial charge in [0, 0.05) is 17.3 Å². The van der Waals surface area contributed by atoms with Gasteiger partial charge >= 0.3 is 6.18 Å². The fourth-order valence-corrected chi connectivity index (χ4v) is 2.62. The summed E-state index contributed by atoms with van der Waals surface area (Å²) in [5, 5.41) is 14.4. The molecule has 2 aromatic carbocycles. The van der Waals surface area contributed by atoms with E-state index in [1.165, 1.54) is 43.5 Å². The highest BCUT2D eigenvalue weighted by Gasteiger charge is 2.29. The smallest absolute Gasteiger partial charge is 0.422 e. The fraction of sp³-hybridized carbons (Fsp3) is 0.318. The van der Waals surface area contributed by atoms with Crippen molar-refractivity contribution < 1.29 is 37.0 Å². The second-order valence-electron chi connectivity index (χ2n) is 7.06. The Morgan fingerprint density at radius 3 is 2.36 bits per heavy atom. The highest BCUT2D eigenvalue weighted by molar-refractivity contribution is 6.04. The van der Waals surface area contributed by atoms with Crippen LogP contribution in [0.1, 0.15) is 29.8 Å². The largest absolute Gasteiger partial charge is 0.493 e. The minimum absolute atomic E-state index is 0.0408. The average Bonchev–Trinajstić information content (AvgIpc) is 2.75. The first-order valence-electron chi connectivity index (χ1n) is 9.67. The molecule has 0 spiro atoms. The molecule has 0 unspecified atom stereocenters. The number of carbonyl (C=O) groups excluding carboxylic acids is 2. The van der Waals surface area contributed by atoms with Gasteiger partial charge in [-0.2, -0.15) is 18.4 Å². The lowest BCUT2D eigenvalue weighted by atomic mass is 10.1. The Balaban J connectivity index is 2.10.